The van der Waals surface area contributed by atoms with Crippen molar-refractivity contribution in [1.29, 1.82) is 0 Å². The number of nitrogens with zero attached hydrogens (tertiary/aromatic N) is 2. The van der Waals surface area contributed by atoms with E-state index in [1.807, 2.05) is 19.1 Å². The average Bonchev–Trinajstić information content (AvgIpc) is 2.68. The van der Waals surface area contributed by atoms with Gasteiger partial charge in [-0.2, -0.15) is 5.10 Å². The molecular weight excluding hydrogens is 373 g/mol. The van der Waals surface area contributed by atoms with E-state index in [1.54, 1.807) is 12.1 Å². The Kier molecular flexibility index (Phi) is 6.14. The van der Waals surface area contributed by atoms with Crippen molar-refractivity contribution in [2.45, 2.75) is 6.92 Å². The van der Waals surface area contributed by atoms with E-state index in [9.17, 15) is 4.79 Å². The van der Waals surface area contributed by atoms with Crippen molar-refractivity contribution in [3.05, 3.63) is 63.6 Å². The Morgan fingerprint density at radius 2 is 1.81 bits per heavy atom. The maximum atomic E-state index is 12.2. The third kappa shape index (κ3) is 4.55. The molecule has 0 aliphatic carbocycles. The van der Waals surface area contributed by atoms with Crippen molar-refractivity contribution in [3.8, 4) is 0 Å². The SMILES string of the molecule is C/C(=N\NC(=O)c1cc(Cl)ccc1Cl)c1ccc(N2CCOCC2)cc1. The number of rotatable bonds is 4. The smallest absolute Gasteiger partial charge is 0.272 e. The van der Waals surface area contributed by atoms with Gasteiger partial charge in [-0.3, -0.25) is 4.79 Å². The summed E-state index contributed by atoms with van der Waals surface area (Å²) in [6, 6.07) is 12.8. The maximum absolute atomic E-state index is 12.2. The van der Waals surface area contributed by atoms with Crippen LogP contribution in [0.3, 0.4) is 0 Å². The topological polar surface area (TPSA) is 53.9 Å². The fraction of sp³-hybridized carbons (Fsp3) is 0.263. The van der Waals surface area contributed by atoms with Crippen molar-refractivity contribution in [1.82, 2.24) is 5.43 Å². The summed E-state index contributed by atoms with van der Waals surface area (Å²) >= 11 is 11.9. The quantitative estimate of drug-likeness (QED) is 0.633. The van der Waals surface area contributed by atoms with Crippen LogP contribution in [-0.2, 0) is 4.74 Å². The molecule has 1 fully saturated rings. The molecule has 1 aliphatic rings. The Morgan fingerprint density at radius 1 is 1.12 bits per heavy atom. The molecular formula is C19H19Cl2N3O2. The number of hydrogen-bond acceptors (Lipinski definition) is 4. The van der Waals surface area contributed by atoms with Gasteiger partial charge >= 0.3 is 0 Å². The molecule has 0 spiro atoms. The normalized spacial score (nSPS) is 15.0. The zero-order valence-electron chi connectivity index (χ0n) is 14.3. The molecule has 1 N–H and O–H groups in total. The van der Waals surface area contributed by atoms with Crippen molar-refractivity contribution in [3.63, 3.8) is 0 Å². The van der Waals surface area contributed by atoms with Gasteiger partial charge in [0.2, 0.25) is 0 Å². The molecule has 136 valence electrons. The van der Waals surface area contributed by atoms with Crippen LogP contribution in [0.25, 0.3) is 0 Å². The molecule has 1 heterocycles. The number of hydrogen-bond donors (Lipinski definition) is 1. The second-order valence-electron chi connectivity index (χ2n) is 5.91. The number of carbonyl (C=O) groups excluding carboxylic acids is 1. The first-order valence-corrected chi connectivity index (χ1v) is 9.03. The molecule has 0 saturated carbocycles. The number of anilines is 1. The second-order valence-corrected chi connectivity index (χ2v) is 6.75. The number of nitrogens with one attached hydrogen (secondary N) is 1. The van der Waals surface area contributed by atoms with E-state index < -0.39 is 5.91 Å². The molecule has 0 bridgehead atoms. The van der Waals surface area contributed by atoms with Crippen LogP contribution in [0.5, 0.6) is 0 Å². The summed E-state index contributed by atoms with van der Waals surface area (Å²) in [6.07, 6.45) is 0. The zero-order valence-corrected chi connectivity index (χ0v) is 15.8. The zero-order chi connectivity index (χ0) is 18.5. The maximum Gasteiger partial charge on any atom is 0.272 e. The number of ether oxygens (including phenoxy) is 1. The van der Waals surface area contributed by atoms with Crippen LogP contribution in [0, 0.1) is 0 Å². The van der Waals surface area contributed by atoms with Crippen LogP contribution in [0.1, 0.15) is 22.8 Å². The average molecular weight is 392 g/mol. The van der Waals surface area contributed by atoms with Gasteiger partial charge in [-0.25, -0.2) is 5.43 Å². The van der Waals surface area contributed by atoms with Crippen molar-refractivity contribution >= 4 is 40.5 Å². The highest BCUT2D eigenvalue weighted by molar-refractivity contribution is 6.35. The molecule has 0 unspecified atom stereocenters. The first-order chi connectivity index (χ1) is 12.5. The van der Waals surface area contributed by atoms with Gasteiger partial charge in [-0.15, -0.1) is 0 Å². The minimum absolute atomic E-state index is 0.290. The van der Waals surface area contributed by atoms with Gasteiger partial charge in [-0.05, 0) is 42.8 Å². The number of amides is 1. The molecule has 5 nitrogen and oxygen atoms in total. The van der Waals surface area contributed by atoms with E-state index in [4.69, 9.17) is 27.9 Å². The molecule has 1 saturated heterocycles. The van der Waals surface area contributed by atoms with Gasteiger partial charge in [-0.1, -0.05) is 35.3 Å². The minimum Gasteiger partial charge on any atom is -0.378 e. The monoisotopic (exact) mass is 391 g/mol. The van der Waals surface area contributed by atoms with Crippen LogP contribution in [0.4, 0.5) is 5.69 Å². The Hall–Kier alpha value is -2.08. The Bertz CT molecular complexity index is 816. The number of morpholine rings is 1. The van der Waals surface area contributed by atoms with E-state index in [0.29, 0.717) is 21.3 Å². The third-order valence-electron chi connectivity index (χ3n) is 4.16. The lowest BCUT2D eigenvalue weighted by Crippen LogP contribution is -2.36. The van der Waals surface area contributed by atoms with Gasteiger partial charge in [0.05, 0.1) is 29.5 Å². The van der Waals surface area contributed by atoms with Crippen LogP contribution >= 0.6 is 23.2 Å². The second kappa shape index (κ2) is 8.54. The van der Waals surface area contributed by atoms with E-state index in [1.165, 1.54) is 6.07 Å². The predicted octanol–water partition coefficient (Wildman–Crippen LogP) is 3.98. The van der Waals surface area contributed by atoms with Gasteiger partial charge in [0, 0.05) is 23.8 Å². The summed E-state index contributed by atoms with van der Waals surface area (Å²) in [5.74, 6) is -0.401. The summed E-state index contributed by atoms with van der Waals surface area (Å²) in [5, 5.41) is 4.94. The largest absolute Gasteiger partial charge is 0.378 e. The molecule has 1 aliphatic heterocycles. The Labute approximate surface area is 162 Å². The van der Waals surface area contributed by atoms with Crippen LogP contribution in [0.2, 0.25) is 10.0 Å². The fourth-order valence-corrected chi connectivity index (χ4v) is 3.04. The van der Waals surface area contributed by atoms with Gasteiger partial charge in [0.1, 0.15) is 0 Å². The highest BCUT2D eigenvalue weighted by Crippen LogP contribution is 2.20. The van der Waals surface area contributed by atoms with Crippen LogP contribution in [0.15, 0.2) is 47.6 Å². The molecule has 0 aromatic heterocycles. The molecule has 2 aromatic carbocycles. The van der Waals surface area contributed by atoms with E-state index in [0.717, 1.165) is 37.6 Å². The molecule has 1 amide bonds. The van der Waals surface area contributed by atoms with Gasteiger partial charge < -0.3 is 9.64 Å². The minimum atomic E-state index is -0.401. The molecule has 7 heteroatoms. The lowest BCUT2D eigenvalue weighted by molar-refractivity contribution is 0.0955. The predicted molar refractivity (Wildman–Crippen MR) is 106 cm³/mol. The summed E-state index contributed by atoms with van der Waals surface area (Å²) in [7, 11) is 0. The third-order valence-corrected chi connectivity index (χ3v) is 4.72. The Balaban J connectivity index is 1.67. The van der Waals surface area contributed by atoms with Gasteiger partial charge in [0.25, 0.3) is 5.91 Å². The highest BCUT2D eigenvalue weighted by Gasteiger charge is 2.12. The van der Waals surface area contributed by atoms with Crippen molar-refractivity contribution in [2.24, 2.45) is 5.10 Å². The summed E-state index contributed by atoms with van der Waals surface area (Å²) in [5.41, 5.74) is 5.59. The number of hydrazone groups is 1. The lowest BCUT2D eigenvalue weighted by atomic mass is 10.1. The highest BCUT2D eigenvalue weighted by atomic mass is 35.5. The molecule has 2 aromatic rings. The summed E-state index contributed by atoms with van der Waals surface area (Å²) < 4.78 is 5.37. The first kappa shape index (κ1) is 18.7. The van der Waals surface area contributed by atoms with Gasteiger partial charge in [0.15, 0.2) is 0 Å². The van der Waals surface area contributed by atoms with Crippen molar-refractivity contribution < 1.29 is 9.53 Å². The van der Waals surface area contributed by atoms with E-state index in [-0.39, 0.29) is 0 Å². The van der Waals surface area contributed by atoms with E-state index >= 15 is 0 Å². The molecule has 3 rings (SSSR count). The molecule has 0 radical (unpaired) electrons. The first-order valence-electron chi connectivity index (χ1n) is 8.27. The number of halogens is 2. The Morgan fingerprint density at radius 3 is 2.50 bits per heavy atom. The van der Waals surface area contributed by atoms with Crippen LogP contribution in [-0.4, -0.2) is 37.9 Å². The number of benzene rings is 2. The summed E-state index contributed by atoms with van der Waals surface area (Å²) in [4.78, 5) is 14.5. The fourth-order valence-electron chi connectivity index (χ4n) is 2.67. The molecule has 26 heavy (non-hydrogen) atoms. The number of carbonyl (C=O) groups is 1. The summed E-state index contributed by atoms with van der Waals surface area (Å²) in [6.45, 7) is 5.12. The standard InChI is InChI=1S/C19H19Cl2N3O2/c1-13(22-23-19(25)17-12-15(20)4-7-18(17)21)14-2-5-16(6-3-14)24-8-10-26-11-9-24/h2-7,12H,8-11H2,1H3,(H,23,25)/b22-13+. The van der Waals surface area contributed by atoms with Crippen molar-refractivity contribution in [2.75, 3.05) is 31.2 Å². The van der Waals surface area contributed by atoms with E-state index in [2.05, 4.69) is 27.6 Å². The lowest BCUT2D eigenvalue weighted by Gasteiger charge is -2.28. The van der Waals surface area contributed by atoms with Crippen LogP contribution < -0.4 is 10.3 Å². The molecule has 0 atom stereocenters.